The summed E-state index contributed by atoms with van der Waals surface area (Å²) in [5.74, 6) is -0.757. The van der Waals surface area contributed by atoms with Crippen molar-refractivity contribution >= 4 is 23.7 Å². The molecule has 0 fully saturated rings. The Morgan fingerprint density at radius 2 is 1.92 bits per heavy atom. The maximum atomic E-state index is 13.1. The summed E-state index contributed by atoms with van der Waals surface area (Å²) in [6, 6.07) is 5.75. The highest BCUT2D eigenvalue weighted by molar-refractivity contribution is 5.92. The number of rotatable bonds is 16. The van der Waals surface area contributed by atoms with Crippen molar-refractivity contribution < 1.29 is 24.3 Å². The fraction of sp³-hybridized carbons (Fsp3) is 0.478. The molecule has 3 atom stereocenters. The van der Waals surface area contributed by atoms with E-state index in [1.807, 2.05) is 0 Å². The van der Waals surface area contributed by atoms with Gasteiger partial charge in [0.1, 0.15) is 12.1 Å². The van der Waals surface area contributed by atoms with Crippen molar-refractivity contribution in [3.05, 3.63) is 46.3 Å². The number of carbonyl (C=O) groups is 4. The van der Waals surface area contributed by atoms with E-state index in [1.54, 1.807) is 30.3 Å². The van der Waals surface area contributed by atoms with E-state index >= 15 is 0 Å². The van der Waals surface area contributed by atoms with E-state index in [9.17, 15) is 24.3 Å². The number of aliphatic carboxylic acids is 1. The number of carboxylic acids is 1. The molecule has 0 radical (unpaired) electrons. The van der Waals surface area contributed by atoms with Crippen molar-refractivity contribution in [2.75, 3.05) is 20.1 Å². The molecule has 0 spiro atoms. The van der Waals surface area contributed by atoms with Crippen LogP contribution in [0.15, 0.2) is 35.6 Å². The van der Waals surface area contributed by atoms with Crippen LogP contribution in [-0.2, 0) is 25.6 Å². The summed E-state index contributed by atoms with van der Waals surface area (Å²) in [4.78, 5) is 53.4. The van der Waals surface area contributed by atoms with Crippen molar-refractivity contribution in [3.63, 3.8) is 0 Å². The average Bonchev–Trinajstić information content (AvgIpc) is 2.86. The highest BCUT2D eigenvalue weighted by Gasteiger charge is 2.30. The number of carbonyl (C=O) groups excluding carboxylic acids is 3. The number of terminal acetylenes is 1. The number of hydrogen-bond acceptors (Lipinski definition) is 6. The number of benzene rings is 1. The van der Waals surface area contributed by atoms with E-state index in [-0.39, 0.29) is 19.3 Å². The lowest BCUT2D eigenvalue weighted by Gasteiger charge is -2.29. The van der Waals surface area contributed by atoms with Gasteiger partial charge in [-0.05, 0) is 30.0 Å². The van der Waals surface area contributed by atoms with Gasteiger partial charge in [-0.2, -0.15) is 4.91 Å². The Hall–Kier alpha value is -4.27. The molecule has 1 aromatic carbocycles. The van der Waals surface area contributed by atoms with Gasteiger partial charge in [-0.15, -0.1) is 17.9 Å². The van der Waals surface area contributed by atoms with Crippen molar-refractivity contribution in [2.24, 2.45) is 11.0 Å². The molecule has 194 valence electrons. The molecule has 0 aliphatic heterocycles. The third-order valence-corrected chi connectivity index (χ3v) is 5.29. The standard InChI is InChI=1S/C23H32N8O5/c1-3-9-17(24)21(33)26-15-20(32)31(2)19(14-16-10-5-4-6-11-16)22(34)28-18(23(35)36)12-7-8-13-27-30-29-25/h1,4-6,10-11,17-19,27H,7-9,12-15,24H2,2H3,(H,26,33)(H,28,34)(H,35,36)/t17-,18-,19-/m0/s1. The largest absolute Gasteiger partial charge is 0.480 e. The second kappa shape index (κ2) is 16.4. The minimum Gasteiger partial charge on any atom is -0.480 e. The molecule has 36 heavy (non-hydrogen) atoms. The molecule has 6 N–H and O–H groups in total. The summed E-state index contributed by atoms with van der Waals surface area (Å²) in [7, 11) is 1.40. The molecule has 0 aliphatic carbocycles. The Bertz CT molecular complexity index is 974. The molecule has 0 aromatic heterocycles. The van der Waals surface area contributed by atoms with E-state index in [0.717, 1.165) is 10.5 Å². The smallest absolute Gasteiger partial charge is 0.326 e. The van der Waals surface area contributed by atoms with E-state index in [0.29, 0.717) is 19.4 Å². The Labute approximate surface area is 209 Å². The monoisotopic (exact) mass is 500 g/mol. The minimum absolute atomic E-state index is 0.00702. The first-order valence-electron chi connectivity index (χ1n) is 11.3. The lowest BCUT2D eigenvalue weighted by atomic mass is 10.0. The van der Waals surface area contributed by atoms with Crippen LogP contribution in [0.25, 0.3) is 10.4 Å². The van der Waals surface area contributed by atoms with Crippen molar-refractivity contribution in [3.8, 4) is 12.3 Å². The predicted octanol–water partition coefficient (Wildman–Crippen LogP) is 0.0775. The number of amides is 3. The number of carboxylic acid groups (broad SMARTS) is 1. The third kappa shape index (κ3) is 10.8. The first kappa shape index (κ1) is 29.8. The van der Waals surface area contributed by atoms with Gasteiger partial charge in [0.05, 0.1) is 19.1 Å². The van der Waals surface area contributed by atoms with Gasteiger partial charge in [0.25, 0.3) is 0 Å². The molecular weight excluding hydrogens is 468 g/mol. The molecule has 0 bridgehead atoms. The van der Waals surface area contributed by atoms with Crippen molar-refractivity contribution in [1.29, 1.82) is 0 Å². The number of azide groups is 1. The fourth-order valence-electron chi connectivity index (χ4n) is 3.21. The van der Waals surface area contributed by atoms with Gasteiger partial charge in [0.2, 0.25) is 17.7 Å². The Kier molecular flexibility index (Phi) is 13.5. The van der Waals surface area contributed by atoms with Gasteiger partial charge in [-0.3, -0.25) is 19.8 Å². The maximum Gasteiger partial charge on any atom is 0.326 e. The first-order valence-corrected chi connectivity index (χ1v) is 11.3. The highest BCUT2D eigenvalue weighted by atomic mass is 16.4. The second-order valence-corrected chi connectivity index (χ2v) is 7.94. The predicted molar refractivity (Wildman–Crippen MR) is 132 cm³/mol. The minimum atomic E-state index is -1.21. The summed E-state index contributed by atoms with van der Waals surface area (Å²) in [6.45, 7) is -0.0539. The highest BCUT2D eigenvalue weighted by Crippen LogP contribution is 2.10. The van der Waals surface area contributed by atoms with Crippen LogP contribution in [0.3, 0.4) is 0 Å². The van der Waals surface area contributed by atoms with Crippen LogP contribution >= 0.6 is 0 Å². The quantitative estimate of drug-likeness (QED) is 0.0527. The second-order valence-electron chi connectivity index (χ2n) is 7.94. The molecule has 0 saturated heterocycles. The molecule has 1 aromatic rings. The summed E-state index contributed by atoms with van der Waals surface area (Å²) in [5.41, 5.74) is 17.1. The molecular formula is C23H32N8O5. The van der Waals surface area contributed by atoms with Crippen LogP contribution in [-0.4, -0.2) is 72.0 Å². The van der Waals surface area contributed by atoms with Gasteiger partial charge in [-0.25, -0.2) is 4.79 Å². The molecule has 0 saturated carbocycles. The van der Waals surface area contributed by atoms with E-state index in [2.05, 4.69) is 32.1 Å². The zero-order valence-corrected chi connectivity index (χ0v) is 20.1. The molecule has 3 amide bonds. The lowest BCUT2D eigenvalue weighted by molar-refractivity contribution is -0.144. The summed E-state index contributed by atoms with van der Waals surface area (Å²) in [5, 5.41) is 17.7. The number of unbranched alkanes of at least 4 members (excludes halogenated alkanes) is 1. The van der Waals surface area contributed by atoms with Crippen LogP contribution < -0.4 is 21.8 Å². The molecule has 0 unspecified atom stereocenters. The maximum absolute atomic E-state index is 13.1. The van der Waals surface area contributed by atoms with Crippen LogP contribution in [0.2, 0.25) is 0 Å². The molecule has 13 nitrogen and oxygen atoms in total. The number of nitrogens with two attached hydrogens (primary N) is 1. The summed E-state index contributed by atoms with van der Waals surface area (Å²) in [6.07, 6.45) is 6.37. The number of likely N-dealkylation sites (N-methyl/N-ethyl adjacent to an activating group) is 1. The van der Waals surface area contributed by atoms with Crippen molar-refractivity contribution in [2.45, 2.75) is 50.2 Å². The van der Waals surface area contributed by atoms with E-state index in [4.69, 9.17) is 17.7 Å². The van der Waals surface area contributed by atoms with E-state index < -0.39 is 48.4 Å². The number of nitrogens with zero attached hydrogens (tertiary/aromatic N) is 4. The fourth-order valence-corrected chi connectivity index (χ4v) is 3.21. The van der Waals surface area contributed by atoms with Gasteiger partial charge in [-0.1, -0.05) is 30.3 Å². The lowest BCUT2D eigenvalue weighted by Crippen LogP contribution is -2.55. The average molecular weight is 501 g/mol. The zero-order valence-electron chi connectivity index (χ0n) is 20.1. The SMILES string of the molecule is C#CC[C@H](N)C(=O)NCC(=O)N(C)[C@@H](Cc1ccccc1)C(=O)N[C@@H](CCCCNN=[N+]=[N-])C(=O)O. The molecule has 0 aliphatic rings. The summed E-state index contributed by atoms with van der Waals surface area (Å²) < 4.78 is 0. The number of nitrogens with one attached hydrogen (secondary N) is 3. The van der Waals surface area contributed by atoms with Gasteiger partial charge in [0.15, 0.2) is 0 Å². The normalized spacial score (nSPS) is 12.6. The topological polar surface area (TPSA) is 203 Å². The van der Waals surface area contributed by atoms with Gasteiger partial charge < -0.3 is 26.4 Å². The molecule has 13 heteroatoms. The van der Waals surface area contributed by atoms with Crippen molar-refractivity contribution in [1.82, 2.24) is 21.0 Å². The third-order valence-electron chi connectivity index (χ3n) is 5.29. The van der Waals surface area contributed by atoms with Crippen LogP contribution in [0.4, 0.5) is 0 Å². The number of hydrogen-bond donors (Lipinski definition) is 5. The molecule has 0 heterocycles. The first-order chi connectivity index (χ1) is 17.2. The van der Waals surface area contributed by atoms with Crippen LogP contribution in [0, 0.1) is 12.3 Å². The summed E-state index contributed by atoms with van der Waals surface area (Å²) >= 11 is 0. The van der Waals surface area contributed by atoms with Gasteiger partial charge >= 0.3 is 5.97 Å². The Balaban J connectivity index is 2.89. The van der Waals surface area contributed by atoms with E-state index in [1.165, 1.54) is 7.05 Å². The Morgan fingerprint density at radius 3 is 2.53 bits per heavy atom. The molecule has 1 rings (SSSR count). The zero-order chi connectivity index (χ0) is 26.9. The van der Waals surface area contributed by atoms with Crippen LogP contribution in [0.5, 0.6) is 0 Å². The van der Waals surface area contributed by atoms with Crippen LogP contribution in [0.1, 0.15) is 31.2 Å². The Morgan fingerprint density at radius 1 is 1.22 bits per heavy atom. The van der Waals surface area contributed by atoms with Gasteiger partial charge in [0, 0.05) is 19.9 Å².